The van der Waals surface area contributed by atoms with E-state index in [4.69, 9.17) is 25.8 Å². The lowest BCUT2D eigenvalue weighted by molar-refractivity contribution is -0.128. The Labute approximate surface area is 126 Å². The van der Waals surface area contributed by atoms with Crippen LogP contribution in [0.2, 0.25) is 5.02 Å². The van der Waals surface area contributed by atoms with Gasteiger partial charge in [-0.15, -0.1) is 0 Å². The monoisotopic (exact) mass is 302 g/mol. The quantitative estimate of drug-likeness (QED) is 0.493. The van der Waals surface area contributed by atoms with Gasteiger partial charge >= 0.3 is 5.97 Å². The summed E-state index contributed by atoms with van der Waals surface area (Å²) < 4.78 is 15.6. The fourth-order valence-electron chi connectivity index (χ4n) is 1.89. The van der Waals surface area contributed by atoms with Crippen molar-refractivity contribution in [2.75, 3.05) is 6.79 Å². The van der Waals surface area contributed by atoms with Crippen LogP contribution in [-0.4, -0.2) is 12.8 Å². The molecule has 0 atom stereocenters. The molecule has 0 unspecified atom stereocenters. The van der Waals surface area contributed by atoms with Crippen molar-refractivity contribution >= 4 is 23.6 Å². The summed E-state index contributed by atoms with van der Waals surface area (Å²) in [5.74, 6) is 1.13. The molecule has 2 aromatic rings. The van der Waals surface area contributed by atoms with Crippen LogP contribution in [0.5, 0.6) is 17.2 Å². The smallest absolute Gasteiger partial charge is 0.336 e. The molecule has 1 aliphatic heterocycles. The van der Waals surface area contributed by atoms with E-state index in [0.717, 1.165) is 5.56 Å². The fraction of sp³-hybridized carbons (Fsp3) is 0.0625. The van der Waals surface area contributed by atoms with Gasteiger partial charge in [-0.1, -0.05) is 29.8 Å². The first-order chi connectivity index (χ1) is 10.2. The van der Waals surface area contributed by atoms with Gasteiger partial charge in [0.1, 0.15) is 5.75 Å². The molecular formula is C16H11ClO4. The maximum absolute atomic E-state index is 11.7. The van der Waals surface area contributed by atoms with Crippen LogP contribution < -0.4 is 14.2 Å². The Kier molecular flexibility index (Phi) is 3.79. The van der Waals surface area contributed by atoms with Crippen LogP contribution in [0.3, 0.4) is 0 Å². The van der Waals surface area contributed by atoms with Gasteiger partial charge in [0.15, 0.2) is 11.5 Å². The van der Waals surface area contributed by atoms with E-state index in [1.54, 1.807) is 42.5 Å². The second-order valence-corrected chi connectivity index (χ2v) is 4.71. The summed E-state index contributed by atoms with van der Waals surface area (Å²) in [7, 11) is 0. The van der Waals surface area contributed by atoms with Gasteiger partial charge < -0.3 is 14.2 Å². The Morgan fingerprint density at radius 2 is 2.00 bits per heavy atom. The second kappa shape index (κ2) is 5.89. The van der Waals surface area contributed by atoms with Crippen molar-refractivity contribution in [3.05, 3.63) is 59.1 Å². The summed E-state index contributed by atoms with van der Waals surface area (Å²) in [6.07, 6.45) is 2.94. The van der Waals surface area contributed by atoms with Crippen LogP contribution in [0.1, 0.15) is 5.56 Å². The molecule has 1 heterocycles. The van der Waals surface area contributed by atoms with E-state index in [0.29, 0.717) is 22.3 Å². The van der Waals surface area contributed by atoms with E-state index < -0.39 is 5.97 Å². The first-order valence-corrected chi connectivity index (χ1v) is 6.64. The van der Waals surface area contributed by atoms with Crippen LogP contribution in [0.25, 0.3) is 6.08 Å². The molecule has 5 heteroatoms. The van der Waals surface area contributed by atoms with Crippen molar-refractivity contribution in [1.82, 2.24) is 0 Å². The van der Waals surface area contributed by atoms with Crippen LogP contribution >= 0.6 is 11.6 Å². The summed E-state index contributed by atoms with van der Waals surface area (Å²) in [6.45, 7) is 0.151. The van der Waals surface area contributed by atoms with Crippen molar-refractivity contribution in [3.8, 4) is 17.2 Å². The summed E-state index contributed by atoms with van der Waals surface area (Å²) >= 11 is 6.06. The SMILES string of the molecule is O=C(/C=C/c1cc(Cl)c2c(c1)OCO2)Oc1ccccc1. The molecule has 3 rings (SSSR count). The lowest BCUT2D eigenvalue weighted by atomic mass is 10.2. The fourth-order valence-corrected chi connectivity index (χ4v) is 2.16. The number of carbonyl (C=O) groups excluding carboxylic acids is 1. The Balaban J connectivity index is 1.71. The summed E-state index contributed by atoms with van der Waals surface area (Å²) in [5.41, 5.74) is 0.731. The first-order valence-electron chi connectivity index (χ1n) is 6.26. The Morgan fingerprint density at radius 1 is 1.19 bits per heavy atom. The Morgan fingerprint density at radius 3 is 2.81 bits per heavy atom. The number of fused-ring (bicyclic) bond motifs is 1. The van der Waals surface area contributed by atoms with E-state index in [1.807, 2.05) is 6.07 Å². The number of halogens is 1. The molecule has 0 saturated heterocycles. The number of ether oxygens (including phenoxy) is 3. The predicted octanol–water partition coefficient (Wildman–Crippen LogP) is 3.69. The minimum absolute atomic E-state index is 0.151. The topological polar surface area (TPSA) is 44.8 Å². The van der Waals surface area contributed by atoms with Crippen LogP contribution in [0, 0.1) is 0 Å². The molecular weight excluding hydrogens is 292 g/mol. The summed E-state index contributed by atoms with van der Waals surface area (Å²) in [5, 5.41) is 0.445. The highest BCUT2D eigenvalue weighted by molar-refractivity contribution is 6.32. The number of benzene rings is 2. The van der Waals surface area contributed by atoms with Crippen molar-refractivity contribution in [3.63, 3.8) is 0 Å². The van der Waals surface area contributed by atoms with Gasteiger partial charge in [0.25, 0.3) is 0 Å². The standard InChI is InChI=1S/C16H11ClO4/c17-13-8-11(9-14-16(13)20-10-19-14)6-7-15(18)21-12-4-2-1-3-5-12/h1-9H,10H2/b7-6+. The minimum Gasteiger partial charge on any atom is -0.454 e. The summed E-state index contributed by atoms with van der Waals surface area (Å²) in [6, 6.07) is 12.3. The molecule has 0 N–H and O–H groups in total. The van der Waals surface area contributed by atoms with E-state index in [1.165, 1.54) is 6.08 Å². The van der Waals surface area contributed by atoms with Gasteiger partial charge in [-0.05, 0) is 35.9 Å². The molecule has 0 aliphatic carbocycles. The number of rotatable bonds is 3. The zero-order chi connectivity index (χ0) is 14.7. The third-order valence-electron chi connectivity index (χ3n) is 2.82. The molecule has 4 nitrogen and oxygen atoms in total. The normalized spacial score (nSPS) is 12.6. The third kappa shape index (κ3) is 3.17. The number of hydrogen-bond acceptors (Lipinski definition) is 4. The van der Waals surface area contributed by atoms with Gasteiger partial charge in [0.05, 0.1) is 5.02 Å². The molecule has 106 valence electrons. The molecule has 0 radical (unpaired) electrons. The van der Waals surface area contributed by atoms with Gasteiger partial charge in [-0.3, -0.25) is 0 Å². The molecule has 0 bridgehead atoms. The molecule has 21 heavy (non-hydrogen) atoms. The number of hydrogen-bond donors (Lipinski definition) is 0. The number of esters is 1. The van der Waals surface area contributed by atoms with Gasteiger partial charge in [0, 0.05) is 6.08 Å². The van der Waals surface area contributed by atoms with Crippen LogP contribution in [0.15, 0.2) is 48.5 Å². The van der Waals surface area contributed by atoms with Crippen molar-refractivity contribution in [1.29, 1.82) is 0 Å². The second-order valence-electron chi connectivity index (χ2n) is 4.30. The third-order valence-corrected chi connectivity index (χ3v) is 3.10. The van der Waals surface area contributed by atoms with Crippen molar-refractivity contribution < 1.29 is 19.0 Å². The summed E-state index contributed by atoms with van der Waals surface area (Å²) in [4.78, 5) is 11.7. The van der Waals surface area contributed by atoms with Gasteiger partial charge in [-0.2, -0.15) is 0 Å². The largest absolute Gasteiger partial charge is 0.454 e. The van der Waals surface area contributed by atoms with Gasteiger partial charge in [-0.25, -0.2) is 4.79 Å². The molecule has 1 aliphatic rings. The molecule has 0 spiro atoms. The highest BCUT2D eigenvalue weighted by atomic mass is 35.5. The molecule has 0 amide bonds. The lowest BCUT2D eigenvalue weighted by Crippen LogP contribution is -2.03. The van der Waals surface area contributed by atoms with E-state index in [9.17, 15) is 4.79 Å². The maximum Gasteiger partial charge on any atom is 0.336 e. The van der Waals surface area contributed by atoms with E-state index >= 15 is 0 Å². The first kappa shape index (κ1) is 13.5. The van der Waals surface area contributed by atoms with Crippen molar-refractivity contribution in [2.45, 2.75) is 0 Å². The van der Waals surface area contributed by atoms with Crippen LogP contribution in [0.4, 0.5) is 0 Å². The average Bonchev–Trinajstić information content (AvgIpc) is 2.95. The van der Waals surface area contributed by atoms with E-state index in [-0.39, 0.29) is 6.79 Å². The molecule has 0 aromatic heterocycles. The Hall–Kier alpha value is -2.46. The predicted molar refractivity (Wildman–Crippen MR) is 78.7 cm³/mol. The lowest BCUT2D eigenvalue weighted by Gasteiger charge is -2.02. The molecule has 0 saturated carbocycles. The van der Waals surface area contributed by atoms with Crippen LogP contribution in [-0.2, 0) is 4.79 Å². The van der Waals surface area contributed by atoms with Crippen molar-refractivity contribution in [2.24, 2.45) is 0 Å². The van der Waals surface area contributed by atoms with E-state index in [2.05, 4.69) is 0 Å². The number of para-hydroxylation sites is 1. The Bertz CT molecular complexity index is 695. The zero-order valence-corrected chi connectivity index (χ0v) is 11.7. The maximum atomic E-state index is 11.7. The molecule has 2 aromatic carbocycles. The zero-order valence-electron chi connectivity index (χ0n) is 10.9. The van der Waals surface area contributed by atoms with Gasteiger partial charge in [0.2, 0.25) is 6.79 Å². The molecule has 0 fully saturated rings. The number of carbonyl (C=O) groups is 1. The highest BCUT2D eigenvalue weighted by Gasteiger charge is 2.17. The highest BCUT2D eigenvalue weighted by Crippen LogP contribution is 2.40. The average molecular weight is 303 g/mol. The minimum atomic E-state index is -0.463.